The third kappa shape index (κ3) is 4.08. The summed E-state index contributed by atoms with van der Waals surface area (Å²) in [6, 6.07) is 7.26. The lowest BCUT2D eigenvalue weighted by Crippen LogP contribution is -2.36. The first-order valence-corrected chi connectivity index (χ1v) is 7.61. The Bertz CT molecular complexity index is 386. The van der Waals surface area contributed by atoms with E-state index in [0.717, 1.165) is 13.0 Å². The van der Waals surface area contributed by atoms with Crippen LogP contribution < -0.4 is 5.32 Å². The van der Waals surface area contributed by atoms with Crippen molar-refractivity contribution in [1.82, 2.24) is 10.2 Å². The number of likely N-dealkylation sites (N-methyl/N-ethyl adjacent to an activating group) is 1. The van der Waals surface area contributed by atoms with Gasteiger partial charge in [-0.2, -0.15) is 0 Å². The second-order valence-corrected chi connectivity index (χ2v) is 6.29. The van der Waals surface area contributed by atoms with Crippen LogP contribution in [0.2, 0.25) is 0 Å². The Morgan fingerprint density at radius 2 is 2.28 bits per heavy atom. The van der Waals surface area contributed by atoms with Crippen molar-refractivity contribution in [3.05, 3.63) is 33.8 Å². The van der Waals surface area contributed by atoms with Gasteiger partial charge in [0, 0.05) is 23.6 Å². The molecule has 1 aliphatic rings. The van der Waals surface area contributed by atoms with Crippen molar-refractivity contribution in [1.29, 1.82) is 0 Å². The minimum Gasteiger partial charge on any atom is -0.313 e. The number of rotatable bonds is 5. The molecule has 0 saturated carbocycles. The molecule has 1 fully saturated rings. The average Bonchev–Trinajstić information content (AvgIpc) is 2.83. The average molecular weight is 311 g/mol. The van der Waals surface area contributed by atoms with Gasteiger partial charge < -0.3 is 10.2 Å². The van der Waals surface area contributed by atoms with Crippen LogP contribution in [0.3, 0.4) is 0 Å². The molecule has 0 aliphatic carbocycles. The third-order valence-corrected chi connectivity index (χ3v) is 4.26. The van der Waals surface area contributed by atoms with Gasteiger partial charge in [-0.05, 0) is 63.0 Å². The molecule has 1 saturated heterocycles. The predicted molar refractivity (Wildman–Crippen MR) is 81.1 cm³/mol. The standard InChI is InChI=1S/C15H23BrN2/c1-12-5-6-14(16)10-13(12)7-9-18(2)11-15-4-3-8-17-15/h5-6,10,15,17H,3-4,7-9,11H2,1-2H3. The molecule has 0 amide bonds. The monoisotopic (exact) mass is 310 g/mol. The summed E-state index contributed by atoms with van der Waals surface area (Å²) in [6.07, 6.45) is 3.80. The second kappa shape index (κ2) is 6.69. The molecule has 2 rings (SSSR count). The van der Waals surface area contributed by atoms with E-state index in [1.54, 1.807) is 0 Å². The van der Waals surface area contributed by atoms with Crippen molar-refractivity contribution in [3.8, 4) is 0 Å². The highest BCUT2D eigenvalue weighted by Gasteiger charge is 2.15. The van der Waals surface area contributed by atoms with Crippen molar-refractivity contribution >= 4 is 15.9 Å². The highest BCUT2D eigenvalue weighted by molar-refractivity contribution is 9.10. The van der Waals surface area contributed by atoms with Crippen LogP contribution >= 0.6 is 15.9 Å². The molecule has 0 bridgehead atoms. The topological polar surface area (TPSA) is 15.3 Å². The van der Waals surface area contributed by atoms with E-state index in [4.69, 9.17) is 0 Å². The Hall–Kier alpha value is -0.380. The molecule has 3 heteroatoms. The van der Waals surface area contributed by atoms with Crippen LogP contribution in [0.15, 0.2) is 22.7 Å². The highest BCUT2D eigenvalue weighted by Crippen LogP contribution is 2.17. The number of nitrogens with zero attached hydrogens (tertiary/aromatic N) is 1. The number of halogens is 1. The third-order valence-electron chi connectivity index (χ3n) is 3.77. The molecular weight excluding hydrogens is 288 g/mol. The van der Waals surface area contributed by atoms with E-state index in [0.29, 0.717) is 6.04 Å². The normalized spacial score (nSPS) is 19.7. The van der Waals surface area contributed by atoms with Crippen molar-refractivity contribution < 1.29 is 0 Å². The van der Waals surface area contributed by atoms with Gasteiger partial charge in [0.05, 0.1) is 0 Å². The summed E-state index contributed by atoms with van der Waals surface area (Å²) in [7, 11) is 2.23. The molecule has 1 N–H and O–H groups in total. The summed E-state index contributed by atoms with van der Waals surface area (Å²) < 4.78 is 1.18. The van der Waals surface area contributed by atoms with Crippen molar-refractivity contribution in [2.75, 3.05) is 26.7 Å². The minimum atomic E-state index is 0.707. The zero-order chi connectivity index (χ0) is 13.0. The maximum Gasteiger partial charge on any atom is 0.0195 e. The maximum absolute atomic E-state index is 3.56. The molecule has 1 unspecified atom stereocenters. The molecular formula is C15H23BrN2. The molecule has 100 valence electrons. The molecule has 0 radical (unpaired) electrons. The van der Waals surface area contributed by atoms with Gasteiger partial charge in [0.25, 0.3) is 0 Å². The van der Waals surface area contributed by atoms with Gasteiger partial charge in [-0.1, -0.05) is 22.0 Å². The fourth-order valence-electron chi connectivity index (χ4n) is 2.60. The predicted octanol–water partition coefficient (Wildman–Crippen LogP) is 2.98. The lowest BCUT2D eigenvalue weighted by atomic mass is 10.1. The molecule has 1 aromatic rings. The number of nitrogens with one attached hydrogen (secondary N) is 1. The van der Waals surface area contributed by atoms with Crippen LogP contribution in [0.25, 0.3) is 0 Å². The summed E-state index contributed by atoms with van der Waals surface area (Å²) in [5.74, 6) is 0. The summed E-state index contributed by atoms with van der Waals surface area (Å²) >= 11 is 3.55. The molecule has 1 atom stereocenters. The number of benzene rings is 1. The van der Waals surface area contributed by atoms with Gasteiger partial charge in [-0.3, -0.25) is 0 Å². The van der Waals surface area contributed by atoms with Crippen LogP contribution in [0.1, 0.15) is 24.0 Å². The van der Waals surface area contributed by atoms with Crippen LogP contribution in [0, 0.1) is 6.92 Å². The summed E-state index contributed by atoms with van der Waals surface area (Å²) in [4.78, 5) is 2.45. The first-order chi connectivity index (χ1) is 8.65. The van der Waals surface area contributed by atoms with Gasteiger partial charge in [-0.25, -0.2) is 0 Å². The molecule has 1 aromatic carbocycles. The fraction of sp³-hybridized carbons (Fsp3) is 0.600. The van der Waals surface area contributed by atoms with Gasteiger partial charge >= 0.3 is 0 Å². The summed E-state index contributed by atoms with van der Waals surface area (Å²) in [5, 5.41) is 3.56. The van der Waals surface area contributed by atoms with E-state index in [9.17, 15) is 0 Å². The van der Waals surface area contributed by atoms with Crippen LogP contribution in [-0.2, 0) is 6.42 Å². The Balaban J connectivity index is 1.81. The van der Waals surface area contributed by atoms with Crippen molar-refractivity contribution in [3.63, 3.8) is 0 Å². The maximum atomic E-state index is 3.56. The van der Waals surface area contributed by atoms with Gasteiger partial charge in [0.2, 0.25) is 0 Å². The van der Waals surface area contributed by atoms with Gasteiger partial charge in [0.1, 0.15) is 0 Å². The van der Waals surface area contributed by atoms with E-state index in [1.807, 2.05) is 0 Å². The lowest BCUT2D eigenvalue weighted by Gasteiger charge is -2.21. The number of hydrogen-bond donors (Lipinski definition) is 1. The second-order valence-electron chi connectivity index (χ2n) is 5.38. The SMILES string of the molecule is Cc1ccc(Br)cc1CCN(C)CC1CCCN1. The lowest BCUT2D eigenvalue weighted by molar-refractivity contribution is 0.303. The number of aryl methyl sites for hydroxylation is 1. The van der Waals surface area contributed by atoms with Crippen molar-refractivity contribution in [2.45, 2.75) is 32.2 Å². The molecule has 2 nitrogen and oxygen atoms in total. The zero-order valence-electron chi connectivity index (χ0n) is 11.4. The Kier molecular flexibility index (Phi) is 5.22. The Morgan fingerprint density at radius 3 is 3.00 bits per heavy atom. The van der Waals surface area contributed by atoms with Crippen LogP contribution in [0.4, 0.5) is 0 Å². The van der Waals surface area contributed by atoms with E-state index < -0.39 is 0 Å². The van der Waals surface area contributed by atoms with Crippen LogP contribution in [0.5, 0.6) is 0 Å². The molecule has 1 aliphatic heterocycles. The summed E-state index contributed by atoms with van der Waals surface area (Å²) in [5.41, 5.74) is 2.85. The first-order valence-electron chi connectivity index (χ1n) is 6.82. The first kappa shape index (κ1) is 14.0. The van der Waals surface area contributed by atoms with E-state index in [-0.39, 0.29) is 0 Å². The number of hydrogen-bond acceptors (Lipinski definition) is 2. The Labute approximate surface area is 119 Å². The smallest absolute Gasteiger partial charge is 0.0195 e. The van der Waals surface area contributed by atoms with Crippen molar-refractivity contribution in [2.24, 2.45) is 0 Å². The molecule has 18 heavy (non-hydrogen) atoms. The Morgan fingerprint density at radius 1 is 1.44 bits per heavy atom. The van der Waals surface area contributed by atoms with Gasteiger partial charge in [-0.15, -0.1) is 0 Å². The minimum absolute atomic E-state index is 0.707. The molecule has 1 heterocycles. The molecule has 0 spiro atoms. The highest BCUT2D eigenvalue weighted by atomic mass is 79.9. The zero-order valence-corrected chi connectivity index (χ0v) is 13.0. The van der Waals surface area contributed by atoms with Crippen LogP contribution in [-0.4, -0.2) is 37.6 Å². The summed E-state index contributed by atoms with van der Waals surface area (Å²) in [6.45, 7) is 5.70. The quantitative estimate of drug-likeness (QED) is 0.899. The fourth-order valence-corrected chi connectivity index (χ4v) is 3.01. The van der Waals surface area contributed by atoms with E-state index in [2.05, 4.69) is 58.3 Å². The molecule has 0 aromatic heterocycles. The van der Waals surface area contributed by atoms with E-state index >= 15 is 0 Å². The van der Waals surface area contributed by atoms with Gasteiger partial charge in [0.15, 0.2) is 0 Å². The van der Waals surface area contributed by atoms with E-state index in [1.165, 1.54) is 41.5 Å². The largest absolute Gasteiger partial charge is 0.313 e.